The molecule has 2 aliphatic rings. The SMILES string of the molecule is CC1CCN(C(CNC(=O)COc2cccc(NC(=O)C3CC3)c2)c2ccccc2)CC1. The minimum absolute atomic E-state index is 0.0546. The molecule has 170 valence electrons. The summed E-state index contributed by atoms with van der Waals surface area (Å²) in [4.78, 5) is 26.9. The van der Waals surface area contributed by atoms with Crippen molar-refractivity contribution in [1.29, 1.82) is 0 Å². The van der Waals surface area contributed by atoms with Crippen molar-refractivity contribution in [2.24, 2.45) is 11.8 Å². The van der Waals surface area contributed by atoms with Crippen molar-refractivity contribution in [3.05, 3.63) is 60.2 Å². The maximum Gasteiger partial charge on any atom is 0.258 e. The third-order valence-corrected chi connectivity index (χ3v) is 6.36. The molecule has 4 rings (SSSR count). The number of anilines is 1. The number of hydrogen-bond acceptors (Lipinski definition) is 4. The first kappa shape index (κ1) is 22.3. The molecule has 1 saturated carbocycles. The van der Waals surface area contributed by atoms with E-state index in [0.29, 0.717) is 18.0 Å². The van der Waals surface area contributed by atoms with Crippen molar-refractivity contribution in [1.82, 2.24) is 10.2 Å². The predicted octanol–water partition coefficient (Wildman–Crippen LogP) is 4.00. The van der Waals surface area contributed by atoms with E-state index in [-0.39, 0.29) is 30.4 Å². The number of carbonyl (C=O) groups is 2. The van der Waals surface area contributed by atoms with Gasteiger partial charge in [0.15, 0.2) is 6.61 Å². The molecule has 2 N–H and O–H groups in total. The Hall–Kier alpha value is -2.86. The second-order valence-corrected chi connectivity index (χ2v) is 9.03. The van der Waals surface area contributed by atoms with E-state index >= 15 is 0 Å². The largest absolute Gasteiger partial charge is 0.484 e. The van der Waals surface area contributed by atoms with E-state index in [2.05, 4.69) is 46.7 Å². The number of likely N-dealkylation sites (tertiary alicyclic amines) is 1. The van der Waals surface area contributed by atoms with E-state index in [4.69, 9.17) is 4.74 Å². The molecule has 32 heavy (non-hydrogen) atoms. The van der Waals surface area contributed by atoms with E-state index in [1.54, 1.807) is 12.1 Å². The molecule has 1 saturated heterocycles. The highest BCUT2D eigenvalue weighted by Gasteiger charge is 2.29. The molecule has 0 bridgehead atoms. The van der Waals surface area contributed by atoms with Crippen molar-refractivity contribution in [3.8, 4) is 5.75 Å². The van der Waals surface area contributed by atoms with Crippen LogP contribution in [0.1, 0.15) is 44.2 Å². The number of piperidine rings is 1. The maximum atomic E-state index is 12.5. The summed E-state index contributed by atoms with van der Waals surface area (Å²) in [6.07, 6.45) is 4.30. The first-order valence-electron chi connectivity index (χ1n) is 11.7. The lowest BCUT2D eigenvalue weighted by Crippen LogP contribution is -2.42. The molecule has 2 aromatic carbocycles. The van der Waals surface area contributed by atoms with Gasteiger partial charge in [0.05, 0.1) is 6.04 Å². The third kappa shape index (κ3) is 6.33. The van der Waals surface area contributed by atoms with Gasteiger partial charge in [0.25, 0.3) is 5.91 Å². The maximum absolute atomic E-state index is 12.5. The number of rotatable bonds is 9. The average molecular weight is 436 g/mol. The number of amides is 2. The molecular weight excluding hydrogens is 402 g/mol. The van der Waals surface area contributed by atoms with Gasteiger partial charge < -0.3 is 15.4 Å². The zero-order valence-corrected chi connectivity index (χ0v) is 18.8. The van der Waals surface area contributed by atoms with Gasteiger partial charge in [-0.1, -0.05) is 43.3 Å². The summed E-state index contributed by atoms with van der Waals surface area (Å²) in [5, 5.41) is 5.96. The van der Waals surface area contributed by atoms with Crippen LogP contribution in [0.15, 0.2) is 54.6 Å². The van der Waals surface area contributed by atoms with Crippen LogP contribution in [0.4, 0.5) is 5.69 Å². The first-order chi connectivity index (χ1) is 15.6. The molecule has 0 aromatic heterocycles. The molecule has 2 amide bonds. The molecule has 0 spiro atoms. The van der Waals surface area contributed by atoms with Crippen LogP contribution in [0.2, 0.25) is 0 Å². The zero-order chi connectivity index (χ0) is 22.3. The topological polar surface area (TPSA) is 70.7 Å². The first-order valence-corrected chi connectivity index (χ1v) is 11.7. The Morgan fingerprint density at radius 3 is 2.50 bits per heavy atom. The normalized spacial score (nSPS) is 18.0. The Morgan fingerprint density at radius 2 is 1.78 bits per heavy atom. The van der Waals surface area contributed by atoms with E-state index in [9.17, 15) is 9.59 Å². The van der Waals surface area contributed by atoms with Gasteiger partial charge in [-0.2, -0.15) is 0 Å². The highest BCUT2D eigenvalue weighted by atomic mass is 16.5. The standard InChI is InChI=1S/C26H33N3O3/c1-19-12-14-29(15-13-19)24(20-6-3-2-4-7-20)17-27-25(30)18-32-23-9-5-8-22(16-23)28-26(31)21-10-11-21/h2-9,16,19,21,24H,10-15,17-18H2,1H3,(H,27,30)(H,28,31). The van der Waals surface area contributed by atoms with E-state index in [1.165, 1.54) is 18.4 Å². The van der Waals surface area contributed by atoms with Crippen molar-refractivity contribution in [3.63, 3.8) is 0 Å². The van der Waals surface area contributed by atoms with E-state index < -0.39 is 0 Å². The minimum atomic E-state index is -0.149. The lowest BCUT2D eigenvalue weighted by atomic mass is 9.95. The van der Waals surface area contributed by atoms with Crippen molar-refractivity contribution >= 4 is 17.5 Å². The predicted molar refractivity (Wildman–Crippen MR) is 125 cm³/mol. The fraction of sp³-hybridized carbons (Fsp3) is 0.462. The van der Waals surface area contributed by atoms with Gasteiger partial charge in [-0.15, -0.1) is 0 Å². The molecule has 1 unspecified atom stereocenters. The van der Waals surface area contributed by atoms with Gasteiger partial charge in [0, 0.05) is 24.2 Å². The van der Waals surface area contributed by atoms with Gasteiger partial charge in [-0.25, -0.2) is 0 Å². The summed E-state index contributed by atoms with van der Waals surface area (Å²) in [7, 11) is 0. The molecule has 1 heterocycles. The van der Waals surface area contributed by atoms with Crippen LogP contribution >= 0.6 is 0 Å². The Labute approximate surface area is 190 Å². The lowest BCUT2D eigenvalue weighted by Gasteiger charge is -2.37. The minimum Gasteiger partial charge on any atom is -0.484 e. The van der Waals surface area contributed by atoms with Gasteiger partial charge in [0.2, 0.25) is 5.91 Å². The summed E-state index contributed by atoms with van der Waals surface area (Å²) >= 11 is 0. The van der Waals surface area contributed by atoms with Crippen LogP contribution < -0.4 is 15.4 Å². The number of nitrogens with zero attached hydrogens (tertiary/aromatic N) is 1. The van der Waals surface area contributed by atoms with Crippen LogP contribution in [0.25, 0.3) is 0 Å². The number of ether oxygens (including phenoxy) is 1. The Bertz CT molecular complexity index is 906. The van der Waals surface area contributed by atoms with Crippen LogP contribution in [0.3, 0.4) is 0 Å². The number of hydrogen-bond donors (Lipinski definition) is 2. The smallest absolute Gasteiger partial charge is 0.258 e. The summed E-state index contributed by atoms with van der Waals surface area (Å²) < 4.78 is 5.69. The Kier molecular flexibility index (Phi) is 7.43. The fourth-order valence-electron chi connectivity index (χ4n) is 4.14. The second-order valence-electron chi connectivity index (χ2n) is 9.03. The van der Waals surface area contributed by atoms with Gasteiger partial charge in [-0.05, 0) is 62.4 Å². The number of carbonyl (C=O) groups excluding carboxylic acids is 2. The summed E-state index contributed by atoms with van der Waals surface area (Å²) in [5.74, 6) is 1.38. The van der Waals surface area contributed by atoms with Gasteiger partial charge >= 0.3 is 0 Å². The highest BCUT2D eigenvalue weighted by Crippen LogP contribution is 2.30. The summed E-state index contributed by atoms with van der Waals surface area (Å²) in [6.45, 7) is 4.90. The second kappa shape index (κ2) is 10.6. The quantitative estimate of drug-likeness (QED) is 0.625. The molecule has 2 aromatic rings. The van der Waals surface area contributed by atoms with Crippen molar-refractivity contribution < 1.29 is 14.3 Å². The monoisotopic (exact) mass is 435 g/mol. The third-order valence-electron chi connectivity index (χ3n) is 6.36. The van der Waals surface area contributed by atoms with Crippen LogP contribution in [0, 0.1) is 11.8 Å². The van der Waals surface area contributed by atoms with Crippen LogP contribution in [-0.4, -0.2) is 43.0 Å². The van der Waals surface area contributed by atoms with Crippen LogP contribution in [-0.2, 0) is 9.59 Å². The Morgan fingerprint density at radius 1 is 1.03 bits per heavy atom. The van der Waals surface area contributed by atoms with E-state index in [1.807, 2.05) is 18.2 Å². The van der Waals surface area contributed by atoms with Gasteiger partial charge in [-0.3, -0.25) is 14.5 Å². The molecule has 6 nitrogen and oxygen atoms in total. The molecule has 0 radical (unpaired) electrons. The summed E-state index contributed by atoms with van der Waals surface area (Å²) in [5.41, 5.74) is 1.92. The Balaban J connectivity index is 1.29. The average Bonchev–Trinajstić information content (AvgIpc) is 3.66. The highest BCUT2D eigenvalue weighted by molar-refractivity contribution is 5.94. The molecule has 1 aliphatic heterocycles. The van der Waals surface area contributed by atoms with E-state index in [0.717, 1.165) is 31.8 Å². The number of nitrogens with one attached hydrogen (secondary N) is 2. The van der Waals surface area contributed by atoms with Crippen molar-refractivity contribution in [2.75, 3.05) is 31.6 Å². The fourth-order valence-corrected chi connectivity index (χ4v) is 4.14. The molecule has 2 fully saturated rings. The number of benzene rings is 2. The van der Waals surface area contributed by atoms with Crippen LogP contribution in [0.5, 0.6) is 5.75 Å². The molecule has 1 atom stereocenters. The molecule has 6 heteroatoms. The van der Waals surface area contributed by atoms with Crippen molar-refractivity contribution in [2.45, 2.75) is 38.6 Å². The summed E-state index contributed by atoms with van der Waals surface area (Å²) in [6, 6.07) is 17.7. The molecule has 1 aliphatic carbocycles. The lowest BCUT2D eigenvalue weighted by molar-refractivity contribution is -0.123. The molecular formula is C26H33N3O3. The zero-order valence-electron chi connectivity index (χ0n) is 18.8. The van der Waals surface area contributed by atoms with Gasteiger partial charge in [0.1, 0.15) is 5.75 Å².